The van der Waals surface area contributed by atoms with Gasteiger partial charge >= 0.3 is 0 Å². The van der Waals surface area contributed by atoms with Crippen LogP contribution in [0.2, 0.25) is 0 Å². The van der Waals surface area contributed by atoms with Gasteiger partial charge in [-0.15, -0.1) is 0 Å². The van der Waals surface area contributed by atoms with Crippen molar-refractivity contribution in [1.29, 1.82) is 0 Å². The van der Waals surface area contributed by atoms with Crippen LogP contribution >= 0.6 is 12.2 Å². The highest BCUT2D eigenvalue weighted by Crippen LogP contribution is 2.11. The summed E-state index contributed by atoms with van der Waals surface area (Å²) < 4.78 is 2.18. The average Bonchev–Trinajstić information content (AvgIpc) is 2.73. The Hall–Kier alpha value is -1.88. The number of nitrogens with zero attached hydrogens (tertiary/aromatic N) is 2. The maximum Gasteiger partial charge on any atom is 0.214 e. The Labute approximate surface area is 98.6 Å². The number of aromatic amines is 1. The molecule has 5 heteroatoms. The van der Waals surface area contributed by atoms with Crippen molar-refractivity contribution >= 4 is 17.8 Å². The maximum atomic E-state index is 5.01. The highest BCUT2D eigenvalue weighted by molar-refractivity contribution is 7.71. The van der Waals surface area contributed by atoms with Gasteiger partial charge in [0.15, 0.2) is 0 Å². The number of hydrogen-bond donors (Lipinski definition) is 2. The highest BCUT2D eigenvalue weighted by atomic mass is 32.1. The first-order valence-corrected chi connectivity index (χ1v) is 5.29. The molecule has 82 valence electrons. The molecule has 2 aromatic rings. The first kappa shape index (κ1) is 10.6. The first-order chi connectivity index (χ1) is 7.77. The number of nitrogens with one attached hydrogen (secondary N) is 2. The van der Waals surface area contributed by atoms with E-state index in [2.05, 4.69) is 27.8 Å². The van der Waals surface area contributed by atoms with E-state index in [9.17, 15) is 0 Å². The molecule has 0 amide bonds. The molecule has 1 heterocycles. The zero-order valence-corrected chi connectivity index (χ0v) is 9.66. The Morgan fingerprint density at radius 2 is 2.19 bits per heavy atom. The summed E-state index contributed by atoms with van der Waals surface area (Å²) in [6.45, 7) is 2.03. The van der Waals surface area contributed by atoms with Crippen molar-refractivity contribution in [3.05, 3.63) is 53.2 Å². The molecule has 0 aliphatic heterocycles. The van der Waals surface area contributed by atoms with E-state index < -0.39 is 0 Å². The maximum absolute atomic E-state index is 5.01. The summed E-state index contributed by atoms with van der Waals surface area (Å²) in [6, 6.07) is 10.1. The fourth-order valence-corrected chi connectivity index (χ4v) is 1.44. The standard InChI is InChI=1S/C11H12N4S/c1-9(10-5-3-2-4-6-10)7-13-15-8-12-14-11(15)16/h2-8,13H,1H3,(H,14,16). The lowest BCUT2D eigenvalue weighted by molar-refractivity contribution is 0.930. The van der Waals surface area contributed by atoms with Gasteiger partial charge in [0.05, 0.1) is 0 Å². The predicted octanol–water partition coefficient (Wildman–Crippen LogP) is 2.55. The third-order valence-corrected chi connectivity index (χ3v) is 2.49. The lowest BCUT2D eigenvalue weighted by Crippen LogP contribution is -2.06. The molecule has 1 aromatic heterocycles. The van der Waals surface area contributed by atoms with Crippen molar-refractivity contribution in [2.75, 3.05) is 5.43 Å². The summed E-state index contributed by atoms with van der Waals surface area (Å²) in [5.41, 5.74) is 5.35. The molecule has 0 aliphatic carbocycles. The van der Waals surface area contributed by atoms with Crippen LogP contribution in [0.25, 0.3) is 5.57 Å². The molecular weight excluding hydrogens is 220 g/mol. The lowest BCUT2D eigenvalue weighted by atomic mass is 10.1. The van der Waals surface area contributed by atoms with E-state index in [0.717, 1.165) is 5.57 Å². The fraction of sp³-hybridized carbons (Fsp3) is 0.0909. The molecule has 0 radical (unpaired) electrons. The summed E-state index contributed by atoms with van der Waals surface area (Å²) in [5, 5.41) is 6.48. The minimum absolute atomic E-state index is 0.539. The summed E-state index contributed by atoms with van der Waals surface area (Å²) in [5.74, 6) is 0. The van der Waals surface area contributed by atoms with Crippen molar-refractivity contribution in [1.82, 2.24) is 14.9 Å². The number of benzene rings is 1. The largest absolute Gasteiger partial charge is 0.298 e. The van der Waals surface area contributed by atoms with Crippen LogP contribution < -0.4 is 5.43 Å². The predicted molar refractivity (Wildman–Crippen MR) is 66.9 cm³/mol. The van der Waals surface area contributed by atoms with Crippen LogP contribution in [-0.4, -0.2) is 14.9 Å². The van der Waals surface area contributed by atoms with Gasteiger partial charge in [0.2, 0.25) is 4.77 Å². The second kappa shape index (κ2) is 4.76. The second-order valence-electron chi connectivity index (χ2n) is 3.35. The van der Waals surface area contributed by atoms with Crippen LogP contribution in [0, 0.1) is 4.77 Å². The molecule has 0 saturated heterocycles. The van der Waals surface area contributed by atoms with E-state index in [-0.39, 0.29) is 0 Å². The summed E-state index contributed by atoms with van der Waals surface area (Å²) >= 11 is 5.01. The Morgan fingerprint density at radius 1 is 1.44 bits per heavy atom. The zero-order chi connectivity index (χ0) is 11.4. The second-order valence-corrected chi connectivity index (χ2v) is 3.74. The minimum Gasteiger partial charge on any atom is -0.298 e. The number of rotatable bonds is 3. The third-order valence-electron chi connectivity index (χ3n) is 2.20. The molecule has 2 rings (SSSR count). The molecule has 0 aliphatic rings. The SMILES string of the molecule is CC(=CNn1cn[nH]c1=S)c1ccccc1. The minimum atomic E-state index is 0.539. The molecule has 2 N–H and O–H groups in total. The summed E-state index contributed by atoms with van der Waals surface area (Å²) in [4.78, 5) is 0. The van der Waals surface area contributed by atoms with E-state index in [4.69, 9.17) is 12.2 Å². The quantitative estimate of drug-likeness (QED) is 0.799. The molecule has 0 fully saturated rings. The van der Waals surface area contributed by atoms with Gasteiger partial charge in [0.25, 0.3) is 0 Å². The molecule has 16 heavy (non-hydrogen) atoms. The normalized spacial score (nSPS) is 11.4. The van der Waals surface area contributed by atoms with Gasteiger partial charge in [-0.2, -0.15) is 5.10 Å². The summed E-state index contributed by atoms with van der Waals surface area (Å²) in [6.07, 6.45) is 3.48. The van der Waals surface area contributed by atoms with E-state index in [1.54, 1.807) is 11.0 Å². The van der Waals surface area contributed by atoms with Gasteiger partial charge in [-0.25, -0.2) is 4.68 Å². The third kappa shape index (κ3) is 2.38. The number of H-pyrrole nitrogens is 1. The van der Waals surface area contributed by atoms with Gasteiger partial charge in [0.1, 0.15) is 6.33 Å². The van der Waals surface area contributed by atoms with Crippen LogP contribution in [0.1, 0.15) is 12.5 Å². The zero-order valence-electron chi connectivity index (χ0n) is 8.84. The van der Waals surface area contributed by atoms with Crippen molar-refractivity contribution < 1.29 is 0 Å². The number of hydrogen-bond acceptors (Lipinski definition) is 3. The van der Waals surface area contributed by atoms with Crippen molar-refractivity contribution in [2.45, 2.75) is 6.92 Å². The fourth-order valence-electron chi connectivity index (χ4n) is 1.29. The van der Waals surface area contributed by atoms with Crippen LogP contribution in [0.15, 0.2) is 42.9 Å². The molecule has 1 aromatic carbocycles. The first-order valence-electron chi connectivity index (χ1n) is 4.88. The van der Waals surface area contributed by atoms with E-state index in [0.29, 0.717) is 4.77 Å². The van der Waals surface area contributed by atoms with Crippen LogP contribution in [0.5, 0.6) is 0 Å². The summed E-state index contributed by atoms with van der Waals surface area (Å²) in [7, 11) is 0. The smallest absolute Gasteiger partial charge is 0.214 e. The van der Waals surface area contributed by atoms with Gasteiger partial charge in [-0.3, -0.25) is 10.5 Å². The molecule has 0 spiro atoms. The van der Waals surface area contributed by atoms with Crippen molar-refractivity contribution in [3.63, 3.8) is 0 Å². The van der Waals surface area contributed by atoms with E-state index in [1.165, 1.54) is 5.56 Å². The van der Waals surface area contributed by atoms with Crippen LogP contribution in [0.4, 0.5) is 0 Å². The van der Waals surface area contributed by atoms with E-state index >= 15 is 0 Å². The van der Waals surface area contributed by atoms with Crippen molar-refractivity contribution in [3.8, 4) is 0 Å². The topological polar surface area (TPSA) is 45.6 Å². The molecule has 0 unspecified atom stereocenters. The molecule has 4 nitrogen and oxygen atoms in total. The number of aromatic nitrogens is 3. The Kier molecular flexibility index (Phi) is 3.16. The lowest BCUT2D eigenvalue weighted by Gasteiger charge is -2.03. The number of allylic oxidation sites excluding steroid dienone is 1. The Bertz CT molecular complexity index is 538. The highest BCUT2D eigenvalue weighted by Gasteiger charge is 1.94. The Morgan fingerprint density at radius 3 is 2.81 bits per heavy atom. The molecule has 0 bridgehead atoms. The molecule has 0 saturated carbocycles. The van der Waals surface area contributed by atoms with Crippen LogP contribution in [0.3, 0.4) is 0 Å². The Balaban J connectivity index is 2.15. The van der Waals surface area contributed by atoms with Gasteiger partial charge in [-0.05, 0) is 30.3 Å². The van der Waals surface area contributed by atoms with Gasteiger partial charge in [0, 0.05) is 6.20 Å². The molecular formula is C11H12N4S. The monoisotopic (exact) mass is 232 g/mol. The van der Waals surface area contributed by atoms with Crippen molar-refractivity contribution in [2.24, 2.45) is 0 Å². The van der Waals surface area contributed by atoms with Gasteiger partial charge < -0.3 is 0 Å². The molecule has 0 atom stereocenters. The van der Waals surface area contributed by atoms with Gasteiger partial charge in [-0.1, -0.05) is 30.3 Å². The van der Waals surface area contributed by atoms with E-state index in [1.807, 2.05) is 31.3 Å². The average molecular weight is 232 g/mol. The van der Waals surface area contributed by atoms with Crippen LogP contribution in [-0.2, 0) is 0 Å².